The van der Waals surface area contributed by atoms with Crippen LogP contribution < -0.4 is 9.62 Å². The number of halogens is 3. The quantitative estimate of drug-likeness (QED) is 0.136. The van der Waals surface area contributed by atoms with Gasteiger partial charge in [-0.2, -0.15) is 0 Å². The lowest BCUT2D eigenvalue weighted by atomic mass is 10.0. The summed E-state index contributed by atoms with van der Waals surface area (Å²) in [6, 6.07) is 28.1. The van der Waals surface area contributed by atoms with Crippen molar-refractivity contribution in [1.82, 2.24) is 10.2 Å². The first kappa shape index (κ1) is 34.5. The van der Waals surface area contributed by atoms with Gasteiger partial charge >= 0.3 is 0 Å². The molecule has 0 fully saturated rings. The molecule has 0 bridgehead atoms. The van der Waals surface area contributed by atoms with Crippen LogP contribution in [0.4, 0.5) is 5.69 Å². The van der Waals surface area contributed by atoms with Crippen LogP contribution in [-0.2, 0) is 32.6 Å². The van der Waals surface area contributed by atoms with Gasteiger partial charge in [0.25, 0.3) is 10.0 Å². The lowest BCUT2D eigenvalue weighted by Crippen LogP contribution is -2.53. The zero-order valence-corrected chi connectivity index (χ0v) is 28.6. The highest BCUT2D eigenvalue weighted by molar-refractivity contribution is 9.10. The number of amides is 2. The van der Waals surface area contributed by atoms with Gasteiger partial charge in [0.2, 0.25) is 11.8 Å². The van der Waals surface area contributed by atoms with E-state index in [1.54, 1.807) is 18.2 Å². The summed E-state index contributed by atoms with van der Waals surface area (Å²) in [7, 11) is -4.27. The molecule has 0 unspecified atom stereocenters. The maximum atomic E-state index is 14.5. The van der Waals surface area contributed by atoms with Crippen LogP contribution in [0, 0.1) is 0 Å². The van der Waals surface area contributed by atoms with Crippen molar-refractivity contribution in [3.8, 4) is 0 Å². The van der Waals surface area contributed by atoms with Crippen LogP contribution in [0.15, 0.2) is 112 Å². The minimum Gasteiger partial charge on any atom is -0.354 e. The minimum absolute atomic E-state index is 0.0126. The van der Waals surface area contributed by atoms with Crippen molar-refractivity contribution in [3.63, 3.8) is 0 Å². The Morgan fingerprint density at radius 2 is 1.51 bits per heavy atom. The number of carbonyl (C=O) groups excluding carboxylic acids is 2. The summed E-state index contributed by atoms with van der Waals surface area (Å²) >= 11 is 16.1. The summed E-state index contributed by atoms with van der Waals surface area (Å²) in [5.41, 5.74) is 1.72. The van der Waals surface area contributed by atoms with Crippen LogP contribution in [0.5, 0.6) is 0 Å². The normalized spacial score (nSPS) is 11.9. The molecular formula is C34H34BrCl2N3O4S. The molecule has 0 aliphatic rings. The van der Waals surface area contributed by atoms with Crippen LogP contribution in [0.3, 0.4) is 0 Å². The van der Waals surface area contributed by atoms with E-state index < -0.39 is 28.5 Å². The molecule has 4 aromatic rings. The monoisotopic (exact) mass is 729 g/mol. The molecule has 0 aliphatic heterocycles. The Hall–Kier alpha value is -3.37. The average molecular weight is 732 g/mol. The van der Waals surface area contributed by atoms with E-state index in [2.05, 4.69) is 21.2 Å². The standard InChI is InChI=1S/C34H34BrCl2N3O4S/c1-2-3-20-38-34(42)32(21-25-10-6-4-7-11-25)39(23-26-14-16-27(35)17-15-26)33(41)24-40(31-19-18-28(36)22-30(31)37)45(43,44)29-12-8-5-9-13-29/h4-19,22,32H,2-3,20-21,23-24H2,1H3,(H,38,42)/t32-/m0/s1. The summed E-state index contributed by atoms with van der Waals surface area (Å²) in [5, 5.41) is 3.36. The van der Waals surface area contributed by atoms with Crippen molar-refractivity contribution in [2.45, 2.75) is 43.7 Å². The SMILES string of the molecule is CCCCNC(=O)[C@H](Cc1ccccc1)N(Cc1ccc(Br)cc1)C(=O)CN(c1ccc(Cl)cc1Cl)S(=O)(=O)c1ccccc1. The molecule has 0 heterocycles. The first-order valence-corrected chi connectivity index (χ1v) is 17.5. The number of sulfonamides is 1. The maximum Gasteiger partial charge on any atom is 0.264 e. The van der Waals surface area contributed by atoms with Crippen LogP contribution in [0.1, 0.15) is 30.9 Å². The molecule has 0 radical (unpaired) electrons. The highest BCUT2D eigenvalue weighted by Gasteiger charge is 2.35. The lowest BCUT2D eigenvalue weighted by Gasteiger charge is -2.34. The fraction of sp³-hybridized carbons (Fsp3) is 0.235. The van der Waals surface area contributed by atoms with Gasteiger partial charge < -0.3 is 10.2 Å². The fourth-order valence-corrected chi connectivity index (χ4v) is 7.04. The zero-order chi connectivity index (χ0) is 32.4. The molecule has 0 spiro atoms. The molecule has 4 rings (SSSR count). The number of nitrogens with one attached hydrogen (secondary N) is 1. The number of rotatable bonds is 14. The topological polar surface area (TPSA) is 86.8 Å². The Bertz CT molecular complexity index is 1690. The van der Waals surface area contributed by atoms with Gasteiger partial charge in [-0.3, -0.25) is 13.9 Å². The number of unbranched alkanes of at least 4 members (excludes halogenated alkanes) is 1. The second-order valence-corrected chi connectivity index (χ2v) is 14.0. The lowest BCUT2D eigenvalue weighted by molar-refractivity contribution is -0.140. The molecular weight excluding hydrogens is 697 g/mol. The minimum atomic E-state index is -4.27. The molecule has 2 amide bonds. The number of benzene rings is 4. The first-order valence-electron chi connectivity index (χ1n) is 14.5. The predicted octanol–water partition coefficient (Wildman–Crippen LogP) is 7.51. The van der Waals surface area contributed by atoms with Gasteiger partial charge in [-0.1, -0.05) is 113 Å². The molecule has 45 heavy (non-hydrogen) atoms. The zero-order valence-electron chi connectivity index (χ0n) is 24.7. The number of hydrogen-bond acceptors (Lipinski definition) is 4. The summed E-state index contributed by atoms with van der Waals surface area (Å²) in [5.74, 6) is -0.894. The van der Waals surface area contributed by atoms with Crippen LogP contribution in [0.25, 0.3) is 0 Å². The van der Waals surface area contributed by atoms with Gasteiger partial charge in [-0.15, -0.1) is 0 Å². The second-order valence-electron chi connectivity index (χ2n) is 10.4. The number of carbonyl (C=O) groups is 2. The van der Waals surface area contributed by atoms with Crippen LogP contribution in [-0.4, -0.2) is 44.3 Å². The fourth-order valence-electron chi connectivity index (χ4n) is 4.76. The summed E-state index contributed by atoms with van der Waals surface area (Å²) in [6.45, 7) is 1.94. The van der Waals surface area contributed by atoms with Gasteiger partial charge in [0, 0.05) is 29.0 Å². The Kier molecular flexibility index (Phi) is 12.5. The van der Waals surface area contributed by atoms with E-state index in [1.807, 2.05) is 61.5 Å². The van der Waals surface area contributed by atoms with Gasteiger partial charge in [0.15, 0.2) is 0 Å². The largest absolute Gasteiger partial charge is 0.354 e. The van der Waals surface area contributed by atoms with Crippen molar-refractivity contribution in [3.05, 3.63) is 129 Å². The van der Waals surface area contributed by atoms with Crippen molar-refractivity contribution in [2.24, 2.45) is 0 Å². The Labute approximate surface area is 283 Å². The van der Waals surface area contributed by atoms with E-state index in [4.69, 9.17) is 23.2 Å². The Morgan fingerprint density at radius 1 is 0.867 bits per heavy atom. The van der Waals surface area contributed by atoms with Gasteiger partial charge in [-0.25, -0.2) is 8.42 Å². The van der Waals surface area contributed by atoms with E-state index in [9.17, 15) is 18.0 Å². The first-order chi connectivity index (χ1) is 21.6. The highest BCUT2D eigenvalue weighted by Crippen LogP contribution is 2.33. The molecule has 0 saturated heterocycles. The van der Waals surface area contributed by atoms with Crippen molar-refractivity contribution < 1.29 is 18.0 Å². The molecule has 4 aromatic carbocycles. The van der Waals surface area contributed by atoms with Gasteiger partial charge in [-0.05, 0) is 60.0 Å². The van der Waals surface area contributed by atoms with E-state index in [-0.39, 0.29) is 34.5 Å². The van der Waals surface area contributed by atoms with Gasteiger partial charge in [0.05, 0.1) is 15.6 Å². The number of hydrogen-bond donors (Lipinski definition) is 1. The van der Waals surface area contributed by atoms with Crippen molar-refractivity contribution in [1.29, 1.82) is 0 Å². The Morgan fingerprint density at radius 3 is 2.13 bits per heavy atom. The molecule has 0 aromatic heterocycles. The third kappa shape index (κ3) is 9.33. The second kappa shape index (κ2) is 16.3. The molecule has 0 saturated carbocycles. The predicted molar refractivity (Wildman–Crippen MR) is 184 cm³/mol. The molecule has 7 nitrogen and oxygen atoms in total. The van der Waals surface area contributed by atoms with Crippen molar-refractivity contribution in [2.75, 3.05) is 17.4 Å². The summed E-state index contributed by atoms with van der Waals surface area (Å²) in [6.07, 6.45) is 1.90. The van der Waals surface area contributed by atoms with E-state index in [0.29, 0.717) is 11.6 Å². The Balaban J connectivity index is 1.80. The van der Waals surface area contributed by atoms with Gasteiger partial charge in [0.1, 0.15) is 12.6 Å². The van der Waals surface area contributed by atoms with E-state index in [1.165, 1.54) is 35.2 Å². The average Bonchev–Trinajstić information content (AvgIpc) is 3.03. The smallest absolute Gasteiger partial charge is 0.264 e. The maximum absolute atomic E-state index is 14.5. The van der Waals surface area contributed by atoms with Crippen LogP contribution in [0.2, 0.25) is 10.0 Å². The molecule has 236 valence electrons. The van der Waals surface area contributed by atoms with Crippen LogP contribution >= 0.6 is 39.1 Å². The van der Waals surface area contributed by atoms with Crippen molar-refractivity contribution >= 4 is 66.7 Å². The molecule has 0 aliphatic carbocycles. The molecule has 1 N–H and O–H groups in total. The molecule has 1 atom stereocenters. The van der Waals surface area contributed by atoms with E-state index in [0.717, 1.165) is 32.7 Å². The summed E-state index contributed by atoms with van der Waals surface area (Å²) < 4.78 is 30.0. The van der Waals surface area contributed by atoms with E-state index >= 15 is 0 Å². The molecule has 11 heteroatoms. The highest BCUT2D eigenvalue weighted by atomic mass is 79.9. The number of nitrogens with zero attached hydrogens (tertiary/aromatic N) is 2. The third-order valence-electron chi connectivity index (χ3n) is 7.16. The third-order valence-corrected chi connectivity index (χ3v) is 10.00. The number of anilines is 1. The summed E-state index contributed by atoms with van der Waals surface area (Å²) in [4.78, 5) is 29.7.